The Morgan fingerprint density at radius 3 is 2.62 bits per heavy atom. The number of aryl methyl sites for hydroxylation is 1. The largest absolute Gasteiger partial charge is 0.425 e. The fourth-order valence-electron chi connectivity index (χ4n) is 2.46. The molecule has 0 saturated carbocycles. The van der Waals surface area contributed by atoms with E-state index in [1.807, 2.05) is 19.1 Å². The number of ether oxygens (including phenoxy) is 1. The molecule has 7 nitrogen and oxygen atoms in total. The third kappa shape index (κ3) is 3.28. The normalized spacial score (nSPS) is 11.5. The van der Waals surface area contributed by atoms with Crippen molar-refractivity contribution in [2.45, 2.75) is 27.7 Å². The SMILES string of the molecule is Cc1cccc(-c2nc3cc([N+](=O)[O-])ccc3[nH]2)c1OC(=O)C(C)(C)C. The number of para-hydroxylation sites is 1. The molecule has 0 bridgehead atoms. The van der Waals surface area contributed by atoms with E-state index in [9.17, 15) is 14.9 Å². The number of aromatic amines is 1. The van der Waals surface area contributed by atoms with Crippen LogP contribution in [0.15, 0.2) is 36.4 Å². The second-order valence-corrected chi connectivity index (χ2v) is 7.14. The van der Waals surface area contributed by atoms with Crippen molar-refractivity contribution in [2.75, 3.05) is 0 Å². The van der Waals surface area contributed by atoms with E-state index in [0.717, 1.165) is 5.56 Å². The van der Waals surface area contributed by atoms with Gasteiger partial charge in [0.25, 0.3) is 5.69 Å². The summed E-state index contributed by atoms with van der Waals surface area (Å²) in [5.41, 5.74) is 1.89. The summed E-state index contributed by atoms with van der Waals surface area (Å²) in [7, 11) is 0. The van der Waals surface area contributed by atoms with Gasteiger partial charge in [-0.25, -0.2) is 4.98 Å². The number of hydrogen-bond acceptors (Lipinski definition) is 5. The van der Waals surface area contributed by atoms with Crippen LogP contribution in [0.5, 0.6) is 5.75 Å². The number of carbonyl (C=O) groups excluding carboxylic acids is 1. The van der Waals surface area contributed by atoms with Crippen molar-refractivity contribution in [3.05, 3.63) is 52.1 Å². The minimum Gasteiger partial charge on any atom is -0.425 e. The first-order valence-electron chi connectivity index (χ1n) is 8.13. The summed E-state index contributed by atoms with van der Waals surface area (Å²) in [4.78, 5) is 30.4. The zero-order valence-electron chi connectivity index (χ0n) is 15.0. The number of esters is 1. The molecule has 0 aliphatic heterocycles. The zero-order valence-corrected chi connectivity index (χ0v) is 15.0. The highest BCUT2D eigenvalue weighted by molar-refractivity contribution is 5.85. The maximum Gasteiger partial charge on any atom is 0.316 e. The van der Waals surface area contributed by atoms with Crippen molar-refractivity contribution in [3.63, 3.8) is 0 Å². The number of nitrogens with zero attached hydrogens (tertiary/aromatic N) is 2. The molecule has 7 heteroatoms. The molecule has 134 valence electrons. The van der Waals surface area contributed by atoms with Crippen molar-refractivity contribution < 1.29 is 14.5 Å². The highest BCUT2D eigenvalue weighted by Crippen LogP contribution is 2.34. The fourth-order valence-corrected chi connectivity index (χ4v) is 2.46. The van der Waals surface area contributed by atoms with E-state index in [1.165, 1.54) is 12.1 Å². The van der Waals surface area contributed by atoms with Crippen LogP contribution in [0, 0.1) is 22.5 Å². The molecule has 0 amide bonds. The Balaban J connectivity index is 2.09. The summed E-state index contributed by atoms with van der Waals surface area (Å²) in [5, 5.41) is 10.9. The Bertz CT molecular complexity index is 1020. The third-order valence-corrected chi connectivity index (χ3v) is 3.95. The molecule has 0 saturated heterocycles. The Hall–Kier alpha value is -3.22. The van der Waals surface area contributed by atoms with Crippen molar-refractivity contribution in [2.24, 2.45) is 5.41 Å². The van der Waals surface area contributed by atoms with E-state index in [1.54, 1.807) is 32.9 Å². The number of nitro groups is 1. The molecule has 3 rings (SSSR count). The molecule has 0 atom stereocenters. The van der Waals surface area contributed by atoms with Crippen LogP contribution in [-0.4, -0.2) is 20.9 Å². The number of nitrogens with one attached hydrogen (secondary N) is 1. The Labute approximate surface area is 150 Å². The molecule has 3 aromatic rings. The number of nitro benzene ring substituents is 1. The quantitative estimate of drug-likeness (QED) is 0.326. The van der Waals surface area contributed by atoms with Gasteiger partial charge in [-0.05, 0) is 45.4 Å². The summed E-state index contributed by atoms with van der Waals surface area (Å²) in [6.07, 6.45) is 0. The predicted octanol–water partition coefficient (Wildman–Crippen LogP) is 4.40. The van der Waals surface area contributed by atoms with Gasteiger partial charge in [0.2, 0.25) is 0 Å². The molecular weight excluding hydrogens is 334 g/mol. The summed E-state index contributed by atoms with van der Waals surface area (Å²) >= 11 is 0. The van der Waals surface area contributed by atoms with E-state index in [4.69, 9.17) is 4.74 Å². The van der Waals surface area contributed by atoms with Gasteiger partial charge in [-0.15, -0.1) is 0 Å². The third-order valence-electron chi connectivity index (χ3n) is 3.95. The van der Waals surface area contributed by atoms with E-state index in [0.29, 0.717) is 28.2 Å². The second-order valence-electron chi connectivity index (χ2n) is 7.14. The standard InChI is InChI=1S/C19H19N3O4/c1-11-6-5-7-13(16(11)26-18(23)19(2,3)4)17-20-14-9-8-12(22(24)25)10-15(14)21-17/h5-10H,1-4H3,(H,20,21). The first kappa shape index (κ1) is 17.6. The first-order chi connectivity index (χ1) is 12.2. The maximum absolute atomic E-state index is 12.3. The van der Waals surface area contributed by atoms with Gasteiger partial charge in [-0.1, -0.05) is 12.1 Å². The topological polar surface area (TPSA) is 98.1 Å². The molecule has 1 N–H and O–H groups in total. The minimum absolute atomic E-state index is 0.0285. The van der Waals surface area contributed by atoms with Crippen molar-refractivity contribution in [1.82, 2.24) is 9.97 Å². The van der Waals surface area contributed by atoms with E-state index in [-0.39, 0.29) is 11.7 Å². The van der Waals surface area contributed by atoms with Crippen LogP contribution >= 0.6 is 0 Å². The second kappa shape index (κ2) is 6.25. The Morgan fingerprint density at radius 2 is 1.96 bits per heavy atom. The van der Waals surface area contributed by atoms with Gasteiger partial charge in [-0.2, -0.15) is 0 Å². The molecule has 26 heavy (non-hydrogen) atoms. The summed E-state index contributed by atoms with van der Waals surface area (Å²) in [5.74, 6) is 0.571. The number of benzene rings is 2. The number of rotatable bonds is 3. The predicted molar refractivity (Wildman–Crippen MR) is 98.0 cm³/mol. The summed E-state index contributed by atoms with van der Waals surface area (Å²) in [6, 6.07) is 9.93. The van der Waals surface area contributed by atoms with Crippen LogP contribution in [-0.2, 0) is 4.79 Å². The lowest BCUT2D eigenvalue weighted by atomic mass is 9.97. The van der Waals surface area contributed by atoms with Gasteiger partial charge in [0, 0.05) is 12.1 Å². The molecule has 0 radical (unpaired) electrons. The lowest BCUT2D eigenvalue weighted by molar-refractivity contribution is -0.384. The molecule has 0 aliphatic rings. The van der Waals surface area contributed by atoms with Crippen LogP contribution in [0.2, 0.25) is 0 Å². The number of carbonyl (C=O) groups is 1. The van der Waals surface area contributed by atoms with Gasteiger partial charge in [0.1, 0.15) is 11.6 Å². The molecule has 1 heterocycles. The maximum atomic E-state index is 12.3. The highest BCUT2D eigenvalue weighted by Gasteiger charge is 2.26. The number of aromatic nitrogens is 2. The van der Waals surface area contributed by atoms with Crippen molar-refractivity contribution in [1.29, 1.82) is 0 Å². The summed E-state index contributed by atoms with van der Waals surface area (Å²) in [6.45, 7) is 7.21. The monoisotopic (exact) mass is 353 g/mol. The summed E-state index contributed by atoms with van der Waals surface area (Å²) < 4.78 is 5.65. The molecule has 0 unspecified atom stereocenters. The lowest BCUT2D eigenvalue weighted by Gasteiger charge is -2.19. The smallest absolute Gasteiger partial charge is 0.316 e. The van der Waals surface area contributed by atoms with Crippen LogP contribution in [0.3, 0.4) is 0 Å². The fraction of sp³-hybridized carbons (Fsp3) is 0.263. The number of fused-ring (bicyclic) bond motifs is 1. The molecule has 0 spiro atoms. The first-order valence-corrected chi connectivity index (χ1v) is 8.13. The lowest BCUT2D eigenvalue weighted by Crippen LogP contribution is -2.26. The molecule has 2 aromatic carbocycles. The molecular formula is C19H19N3O4. The minimum atomic E-state index is -0.645. The van der Waals surface area contributed by atoms with Gasteiger partial charge in [-0.3, -0.25) is 14.9 Å². The van der Waals surface area contributed by atoms with Crippen LogP contribution in [0.4, 0.5) is 5.69 Å². The van der Waals surface area contributed by atoms with Crippen molar-refractivity contribution >= 4 is 22.7 Å². The van der Waals surface area contributed by atoms with Crippen molar-refractivity contribution in [3.8, 4) is 17.1 Å². The Morgan fingerprint density at radius 1 is 1.23 bits per heavy atom. The van der Waals surface area contributed by atoms with Crippen LogP contribution in [0.1, 0.15) is 26.3 Å². The van der Waals surface area contributed by atoms with E-state index < -0.39 is 10.3 Å². The number of non-ortho nitro benzene ring substituents is 1. The molecule has 1 aromatic heterocycles. The van der Waals surface area contributed by atoms with Crippen LogP contribution < -0.4 is 4.74 Å². The average molecular weight is 353 g/mol. The van der Waals surface area contributed by atoms with Gasteiger partial charge in [0.05, 0.1) is 26.9 Å². The number of hydrogen-bond donors (Lipinski definition) is 1. The average Bonchev–Trinajstić information content (AvgIpc) is 2.98. The van der Waals surface area contributed by atoms with Gasteiger partial charge < -0.3 is 9.72 Å². The molecule has 0 fully saturated rings. The Kier molecular flexibility index (Phi) is 4.23. The zero-order chi connectivity index (χ0) is 19.1. The number of imidazole rings is 1. The van der Waals surface area contributed by atoms with Crippen LogP contribution in [0.25, 0.3) is 22.4 Å². The molecule has 0 aliphatic carbocycles. The van der Waals surface area contributed by atoms with Gasteiger partial charge in [0.15, 0.2) is 0 Å². The van der Waals surface area contributed by atoms with E-state index >= 15 is 0 Å². The van der Waals surface area contributed by atoms with Gasteiger partial charge >= 0.3 is 5.97 Å². The van der Waals surface area contributed by atoms with E-state index in [2.05, 4.69) is 9.97 Å². The highest BCUT2D eigenvalue weighted by atomic mass is 16.6. The number of H-pyrrole nitrogens is 1.